The number of rotatable bonds is 17. The predicted molar refractivity (Wildman–Crippen MR) is 131 cm³/mol. The fourth-order valence-electron chi connectivity index (χ4n) is 3.37. The third-order valence-electron chi connectivity index (χ3n) is 5.38. The molecule has 0 radical (unpaired) electrons. The summed E-state index contributed by atoms with van der Waals surface area (Å²) in [6.45, 7) is 6.93. The zero-order valence-corrected chi connectivity index (χ0v) is 19.9. The lowest BCUT2D eigenvalue weighted by molar-refractivity contribution is 0.0444. The van der Waals surface area contributed by atoms with E-state index >= 15 is 0 Å². The van der Waals surface area contributed by atoms with Crippen LogP contribution < -0.4 is 4.74 Å². The van der Waals surface area contributed by atoms with Gasteiger partial charge in [0.05, 0.1) is 18.8 Å². The largest absolute Gasteiger partial charge is 0.494 e. The molecule has 0 aliphatic carbocycles. The van der Waals surface area contributed by atoms with Gasteiger partial charge >= 0.3 is 5.97 Å². The van der Waals surface area contributed by atoms with Gasteiger partial charge in [-0.15, -0.1) is 0 Å². The van der Waals surface area contributed by atoms with Gasteiger partial charge in [0.2, 0.25) is 0 Å². The van der Waals surface area contributed by atoms with E-state index in [2.05, 4.69) is 26.0 Å². The van der Waals surface area contributed by atoms with Crippen LogP contribution in [-0.4, -0.2) is 32.4 Å². The summed E-state index contributed by atoms with van der Waals surface area (Å²) < 4.78 is 16.7. The summed E-state index contributed by atoms with van der Waals surface area (Å²) in [6, 6.07) is 15.7. The minimum atomic E-state index is -0.288. The SMILES string of the molecule is CCCCCCCCOc1ccc(-c2ccc(C(=O)OCCCOCCCC)cc2)cc1. The number of benzene rings is 2. The summed E-state index contributed by atoms with van der Waals surface area (Å²) in [5, 5.41) is 0. The summed E-state index contributed by atoms with van der Waals surface area (Å²) in [5.41, 5.74) is 2.73. The van der Waals surface area contributed by atoms with Crippen LogP contribution >= 0.6 is 0 Å². The van der Waals surface area contributed by atoms with Crippen LogP contribution in [0.3, 0.4) is 0 Å². The summed E-state index contributed by atoms with van der Waals surface area (Å²) in [5.74, 6) is 0.615. The van der Waals surface area contributed by atoms with Gasteiger partial charge in [-0.25, -0.2) is 4.79 Å². The van der Waals surface area contributed by atoms with Crippen molar-refractivity contribution in [2.24, 2.45) is 0 Å². The Balaban J connectivity index is 1.70. The van der Waals surface area contributed by atoms with E-state index in [0.29, 0.717) is 18.8 Å². The summed E-state index contributed by atoms with van der Waals surface area (Å²) >= 11 is 0. The maximum Gasteiger partial charge on any atom is 0.338 e. The standard InChI is InChI=1S/C28H40O4/c1-3-5-7-8-9-10-22-31-27-18-16-25(17-19-27)24-12-14-26(15-13-24)28(29)32-23-11-21-30-20-6-4-2/h12-19H,3-11,20-23H2,1-2H3. The molecule has 0 bridgehead atoms. The molecule has 0 N–H and O–H groups in total. The van der Waals surface area contributed by atoms with Crippen LogP contribution in [0, 0.1) is 0 Å². The molecule has 0 aliphatic heterocycles. The highest BCUT2D eigenvalue weighted by Gasteiger charge is 2.07. The summed E-state index contributed by atoms with van der Waals surface area (Å²) in [6.07, 6.45) is 10.5. The van der Waals surface area contributed by atoms with Gasteiger partial charge in [-0.1, -0.05) is 76.6 Å². The molecular formula is C28H40O4. The molecule has 0 aliphatic rings. The van der Waals surface area contributed by atoms with E-state index in [9.17, 15) is 4.79 Å². The molecule has 4 heteroatoms. The van der Waals surface area contributed by atoms with Crippen molar-refractivity contribution in [3.05, 3.63) is 54.1 Å². The van der Waals surface area contributed by atoms with E-state index < -0.39 is 0 Å². The van der Waals surface area contributed by atoms with Crippen molar-refractivity contribution < 1.29 is 19.0 Å². The van der Waals surface area contributed by atoms with Gasteiger partial charge in [-0.2, -0.15) is 0 Å². The van der Waals surface area contributed by atoms with Crippen molar-refractivity contribution in [3.8, 4) is 16.9 Å². The van der Waals surface area contributed by atoms with Gasteiger partial charge in [-0.05, 0) is 48.2 Å². The highest BCUT2D eigenvalue weighted by Crippen LogP contribution is 2.23. The molecule has 0 spiro atoms. The smallest absolute Gasteiger partial charge is 0.338 e. The van der Waals surface area contributed by atoms with E-state index in [-0.39, 0.29) is 5.97 Å². The molecule has 2 aromatic rings. The van der Waals surface area contributed by atoms with Crippen molar-refractivity contribution in [2.75, 3.05) is 26.4 Å². The van der Waals surface area contributed by atoms with Crippen LogP contribution in [0.4, 0.5) is 0 Å². The van der Waals surface area contributed by atoms with E-state index in [1.807, 2.05) is 36.4 Å². The Hall–Kier alpha value is -2.33. The van der Waals surface area contributed by atoms with Gasteiger partial charge < -0.3 is 14.2 Å². The number of hydrogen-bond acceptors (Lipinski definition) is 4. The first-order valence-corrected chi connectivity index (χ1v) is 12.3. The van der Waals surface area contributed by atoms with Gasteiger partial charge in [-0.3, -0.25) is 0 Å². The molecule has 0 saturated heterocycles. The van der Waals surface area contributed by atoms with Crippen LogP contribution in [0.15, 0.2) is 48.5 Å². The molecule has 0 amide bonds. The molecule has 0 atom stereocenters. The second-order valence-corrected chi connectivity index (χ2v) is 8.17. The van der Waals surface area contributed by atoms with E-state index in [0.717, 1.165) is 55.8 Å². The lowest BCUT2D eigenvalue weighted by atomic mass is 10.0. The number of ether oxygens (including phenoxy) is 3. The predicted octanol–water partition coefficient (Wildman–Crippen LogP) is 7.46. The normalized spacial score (nSPS) is 10.8. The zero-order chi connectivity index (χ0) is 22.9. The Morgan fingerprint density at radius 3 is 1.91 bits per heavy atom. The molecule has 176 valence electrons. The Labute approximate surface area is 194 Å². The van der Waals surface area contributed by atoms with Gasteiger partial charge in [0.1, 0.15) is 5.75 Å². The first-order valence-electron chi connectivity index (χ1n) is 12.3. The van der Waals surface area contributed by atoms with Gasteiger partial charge in [0.25, 0.3) is 0 Å². The monoisotopic (exact) mass is 440 g/mol. The highest BCUT2D eigenvalue weighted by atomic mass is 16.5. The number of carbonyl (C=O) groups is 1. The molecule has 4 nitrogen and oxygen atoms in total. The number of carbonyl (C=O) groups excluding carboxylic acids is 1. The van der Waals surface area contributed by atoms with Crippen molar-refractivity contribution in [3.63, 3.8) is 0 Å². The third kappa shape index (κ3) is 10.3. The van der Waals surface area contributed by atoms with Crippen molar-refractivity contribution in [1.82, 2.24) is 0 Å². The minimum absolute atomic E-state index is 0.288. The molecular weight excluding hydrogens is 400 g/mol. The summed E-state index contributed by atoms with van der Waals surface area (Å²) in [7, 11) is 0. The molecule has 2 aromatic carbocycles. The zero-order valence-electron chi connectivity index (χ0n) is 19.9. The molecule has 2 rings (SSSR count). The van der Waals surface area contributed by atoms with E-state index in [4.69, 9.17) is 14.2 Å². The van der Waals surface area contributed by atoms with Crippen molar-refractivity contribution >= 4 is 5.97 Å². The first kappa shape index (κ1) is 25.9. The minimum Gasteiger partial charge on any atom is -0.494 e. The quantitative estimate of drug-likeness (QED) is 0.189. The maximum atomic E-state index is 12.2. The van der Waals surface area contributed by atoms with Crippen LogP contribution in [0.2, 0.25) is 0 Å². The second kappa shape index (κ2) is 16.3. The van der Waals surface area contributed by atoms with Crippen LogP contribution in [0.25, 0.3) is 11.1 Å². The number of unbranched alkanes of at least 4 members (excludes halogenated alkanes) is 6. The van der Waals surface area contributed by atoms with Crippen LogP contribution in [0.5, 0.6) is 5.75 Å². The Morgan fingerprint density at radius 1 is 0.625 bits per heavy atom. The highest BCUT2D eigenvalue weighted by molar-refractivity contribution is 5.90. The summed E-state index contributed by atoms with van der Waals surface area (Å²) in [4.78, 5) is 12.2. The average molecular weight is 441 g/mol. The maximum absolute atomic E-state index is 12.2. The molecule has 0 saturated carbocycles. The van der Waals surface area contributed by atoms with E-state index in [1.54, 1.807) is 0 Å². The third-order valence-corrected chi connectivity index (χ3v) is 5.38. The number of hydrogen-bond donors (Lipinski definition) is 0. The average Bonchev–Trinajstić information content (AvgIpc) is 2.83. The topological polar surface area (TPSA) is 44.8 Å². The van der Waals surface area contributed by atoms with Gasteiger partial charge in [0.15, 0.2) is 0 Å². The van der Waals surface area contributed by atoms with Crippen LogP contribution in [0.1, 0.15) is 82.0 Å². The van der Waals surface area contributed by atoms with E-state index in [1.165, 1.54) is 32.1 Å². The molecule has 0 aromatic heterocycles. The molecule has 0 heterocycles. The Morgan fingerprint density at radius 2 is 1.22 bits per heavy atom. The number of esters is 1. The van der Waals surface area contributed by atoms with Gasteiger partial charge in [0, 0.05) is 19.6 Å². The fourth-order valence-corrected chi connectivity index (χ4v) is 3.37. The van der Waals surface area contributed by atoms with Crippen LogP contribution in [-0.2, 0) is 9.47 Å². The first-order chi connectivity index (χ1) is 15.7. The lowest BCUT2D eigenvalue weighted by Gasteiger charge is -2.09. The van der Waals surface area contributed by atoms with Crippen molar-refractivity contribution in [2.45, 2.75) is 71.6 Å². The fraction of sp³-hybridized carbons (Fsp3) is 0.536. The molecule has 32 heavy (non-hydrogen) atoms. The Kier molecular flexibility index (Phi) is 13.2. The molecule has 0 fully saturated rings. The second-order valence-electron chi connectivity index (χ2n) is 8.17. The Bertz CT molecular complexity index is 737. The lowest BCUT2D eigenvalue weighted by Crippen LogP contribution is -2.08. The molecule has 0 unspecified atom stereocenters. The van der Waals surface area contributed by atoms with Crippen molar-refractivity contribution in [1.29, 1.82) is 0 Å².